The topological polar surface area (TPSA) is 26.0 Å². The summed E-state index contributed by atoms with van der Waals surface area (Å²) in [5, 5.41) is 0. The Morgan fingerprint density at radius 1 is 1.30 bits per heavy atom. The van der Waals surface area contributed by atoms with Gasteiger partial charge in [-0.3, -0.25) is 0 Å². The van der Waals surface area contributed by atoms with Crippen LogP contribution >= 0.6 is 0 Å². The Morgan fingerprint density at radius 2 is 1.70 bits per heavy atom. The fraction of sp³-hybridized carbons (Fsp3) is 0.125. The average Bonchev–Trinajstić information content (AvgIpc) is 1.91. The maximum atomic E-state index is 5.36. The number of nitrogen functional groups attached to an aromatic ring is 1. The summed E-state index contributed by atoms with van der Waals surface area (Å²) in [7, 11) is 4.72. The van der Waals surface area contributed by atoms with Gasteiger partial charge in [0.2, 0.25) is 0 Å². The number of benzene rings is 1. The second kappa shape index (κ2) is 6.08. The molecule has 0 aliphatic carbocycles. The van der Waals surface area contributed by atoms with Crippen LogP contribution in [0.5, 0.6) is 0 Å². The molecular formula is C8H11BN. The molecule has 1 aromatic carbocycles. The number of para-hydroxylation sites is 1. The van der Waals surface area contributed by atoms with E-state index in [0.29, 0.717) is 0 Å². The monoisotopic (exact) mass is 132 g/mol. The molecule has 0 fully saturated rings. The summed E-state index contributed by atoms with van der Waals surface area (Å²) >= 11 is 0. The molecule has 0 saturated heterocycles. The fourth-order valence-corrected chi connectivity index (χ4v) is 0.453. The molecule has 1 rings (SSSR count). The molecule has 51 valence electrons. The molecule has 0 saturated carbocycles. The van der Waals surface area contributed by atoms with Crippen molar-refractivity contribution in [1.29, 1.82) is 0 Å². The van der Waals surface area contributed by atoms with Crippen molar-refractivity contribution >= 4 is 19.1 Å². The molecule has 0 bridgehead atoms. The van der Waals surface area contributed by atoms with Crippen LogP contribution in [0.15, 0.2) is 30.3 Å². The van der Waals surface area contributed by atoms with Gasteiger partial charge >= 0.3 is 20.4 Å². The van der Waals surface area contributed by atoms with Crippen molar-refractivity contribution in [3.63, 3.8) is 0 Å². The van der Waals surface area contributed by atoms with Crippen molar-refractivity contribution in [3.05, 3.63) is 30.3 Å². The van der Waals surface area contributed by atoms with Gasteiger partial charge < -0.3 is 5.73 Å². The summed E-state index contributed by atoms with van der Waals surface area (Å²) in [5.74, 6) is 1.50. The van der Waals surface area contributed by atoms with Gasteiger partial charge in [-0.2, -0.15) is 0 Å². The average molecular weight is 132 g/mol. The van der Waals surface area contributed by atoms with E-state index in [9.17, 15) is 0 Å². The molecule has 2 heteroatoms. The number of hydrogen-bond acceptors (Lipinski definition) is 1. The van der Waals surface area contributed by atoms with Crippen molar-refractivity contribution in [2.45, 2.75) is 6.92 Å². The van der Waals surface area contributed by atoms with Crippen LogP contribution in [0.1, 0.15) is 6.92 Å². The van der Waals surface area contributed by atoms with E-state index in [2.05, 4.69) is 0 Å². The molecule has 0 atom stereocenters. The van der Waals surface area contributed by atoms with Crippen molar-refractivity contribution in [2.24, 2.45) is 0 Å². The third-order valence-corrected chi connectivity index (χ3v) is 0.800. The van der Waals surface area contributed by atoms with Gasteiger partial charge in [0.1, 0.15) is 0 Å². The Balaban J connectivity index is 0.000000236. The molecule has 0 amide bonds. The predicted octanol–water partition coefficient (Wildman–Crippen LogP) is 1.25. The van der Waals surface area contributed by atoms with Gasteiger partial charge in [-0.1, -0.05) is 18.2 Å². The first-order valence-electron chi connectivity index (χ1n) is 3.11. The first kappa shape index (κ1) is 8.95. The molecule has 0 aliphatic heterocycles. The zero-order valence-electron chi connectivity index (χ0n) is 6.12. The van der Waals surface area contributed by atoms with Crippen LogP contribution in [0.3, 0.4) is 0 Å². The summed E-state index contributed by atoms with van der Waals surface area (Å²) < 4.78 is 0. The van der Waals surface area contributed by atoms with Crippen LogP contribution in [0, 0.1) is 0 Å². The normalized spacial score (nSPS) is 7.20. The van der Waals surface area contributed by atoms with E-state index in [1.807, 2.05) is 30.3 Å². The number of anilines is 1. The van der Waals surface area contributed by atoms with E-state index in [-0.39, 0.29) is 0 Å². The SMILES string of the molecule is Nc1ccccc1.[B]=CC. The Kier molecular flexibility index (Phi) is 5.45. The summed E-state index contributed by atoms with van der Waals surface area (Å²) in [6, 6.07) is 9.49. The third-order valence-electron chi connectivity index (χ3n) is 0.800. The second-order valence-electron chi connectivity index (χ2n) is 1.74. The minimum atomic E-state index is 0.822. The van der Waals surface area contributed by atoms with Gasteiger partial charge in [0.15, 0.2) is 0 Å². The van der Waals surface area contributed by atoms with Gasteiger partial charge in [-0.25, -0.2) is 0 Å². The fourth-order valence-electron chi connectivity index (χ4n) is 0.453. The van der Waals surface area contributed by atoms with Crippen molar-refractivity contribution in [1.82, 2.24) is 0 Å². The summed E-state index contributed by atoms with van der Waals surface area (Å²) in [6.07, 6.45) is 0. The zero-order valence-corrected chi connectivity index (χ0v) is 6.12. The Morgan fingerprint density at radius 3 is 1.90 bits per heavy atom. The maximum absolute atomic E-state index is 5.36. The van der Waals surface area contributed by atoms with E-state index < -0.39 is 0 Å². The van der Waals surface area contributed by atoms with Crippen LogP contribution < -0.4 is 5.73 Å². The summed E-state index contributed by atoms with van der Waals surface area (Å²) in [4.78, 5) is 0. The Labute approximate surface area is 62.9 Å². The van der Waals surface area contributed by atoms with Crippen LogP contribution in [0.2, 0.25) is 0 Å². The summed E-state index contributed by atoms with van der Waals surface area (Å²) in [6.45, 7) is 1.78. The first-order valence-corrected chi connectivity index (χ1v) is 3.11. The summed E-state index contributed by atoms with van der Waals surface area (Å²) in [5.41, 5.74) is 6.18. The molecule has 0 aliphatic rings. The van der Waals surface area contributed by atoms with Crippen LogP contribution in [0.25, 0.3) is 0 Å². The van der Waals surface area contributed by atoms with Crippen molar-refractivity contribution in [3.8, 4) is 0 Å². The third kappa shape index (κ3) is 5.10. The van der Waals surface area contributed by atoms with E-state index in [1.165, 1.54) is 5.97 Å². The van der Waals surface area contributed by atoms with Gasteiger partial charge in [-0.15, -0.1) is 0 Å². The predicted molar refractivity (Wildman–Crippen MR) is 48.3 cm³/mol. The standard InChI is InChI=1S/C6H7N.C2H4B/c7-6-4-2-1-3-5-6;1-2-3/h1-5H,7H2;2H,1H3. The van der Waals surface area contributed by atoms with Gasteiger partial charge in [0.05, 0.1) is 0 Å². The van der Waals surface area contributed by atoms with Gasteiger partial charge in [0, 0.05) is 5.69 Å². The molecule has 0 heterocycles. The first-order chi connectivity index (χ1) is 4.81. The van der Waals surface area contributed by atoms with Crippen molar-refractivity contribution < 1.29 is 0 Å². The quantitative estimate of drug-likeness (QED) is 0.417. The van der Waals surface area contributed by atoms with Gasteiger partial charge in [0.25, 0.3) is 0 Å². The van der Waals surface area contributed by atoms with E-state index in [0.717, 1.165) is 5.69 Å². The molecule has 10 heavy (non-hydrogen) atoms. The minimum absolute atomic E-state index is 0.822. The molecule has 1 nitrogen and oxygen atoms in total. The zero-order chi connectivity index (χ0) is 7.82. The molecule has 1 aromatic rings. The molecule has 2 N–H and O–H groups in total. The second-order valence-corrected chi connectivity index (χ2v) is 1.74. The molecule has 0 spiro atoms. The number of nitrogens with two attached hydrogens (primary N) is 1. The number of rotatable bonds is 0. The van der Waals surface area contributed by atoms with Crippen molar-refractivity contribution in [2.75, 3.05) is 5.73 Å². The Bertz CT molecular complexity index is 172. The van der Waals surface area contributed by atoms with Crippen LogP contribution in [0.4, 0.5) is 5.69 Å². The van der Waals surface area contributed by atoms with Gasteiger partial charge in [-0.05, 0) is 12.1 Å². The van der Waals surface area contributed by atoms with E-state index in [1.54, 1.807) is 6.92 Å². The van der Waals surface area contributed by atoms with Crippen LogP contribution in [-0.4, -0.2) is 13.5 Å². The van der Waals surface area contributed by atoms with E-state index >= 15 is 0 Å². The molecule has 0 aromatic heterocycles. The molecule has 0 unspecified atom stereocenters. The Hall–Kier alpha value is -1.05. The van der Waals surface area contributed by atoms with Crippen LogP contribution in [-0.2, 0) is 0 Å². The molecular weight excluding hydrogens is 121 g/mol. The van der Waals surface area contributed by atoms with E-state index in [4.69, 9.17) is 13.2 Å². The molecule has 1 radical (unpaired) electrons. The number of hydrogen-bond donors (Lipinski definition) is 1.